The third-order valence-corrected chi connectivity index (χ3v) is 3.00. The third-order valence-electron chi connectivity index (χ3n) is 3.00. The molecule has 0 fully saturated rings. The Morgan fingerprint density at radius 3 is 2.45 bits per heavy atom. The van der Waals surface area contributed by atoms with E-state index >= 15 is 0 Å². The number of tetrazole rings is 1. The Morgan fingerprint density at radius 2 is 1.70 bits per heavy atom. The van der Waals surface area contributed by atoms with Crippen LogP contribution in [-0.4, -0.2) is 24.8 Å². The predicted octanol–water partition coefficient (Wildman–Crippen LogP) is 1.07. The van der Waals surface area contributed by atoms with Gasteiger partial charge in [0.1, 0.15) is 0 Å². The second kappa shape index (κ2) is 5.48. The van der Waals surface area contributed by atoms with E-state index in [2.05, 4.69) is 15.4 Å². The number of benzene rings is 1. The van der Waals surface area contributed by atoms with Crippen LogP contribution in [0.1, 0.15) is 5.56 Å². The number of pyridine rings is 1. The van der Waals surface area contributed by atoms with Crippen LogP contribution in [0.15, 0.2) is 59.7 Å². The summed E-state index contributed by atoms with van der Waals surface area (Å²) in [4.78, 5) is 16.1. The number of hydrogen-bond acceptors (Lipinski definition) is 4. The predicted molar refractivity (Wildman–Crippen MR) is 73.6 cm³/mol. The lowest BCUT2D eigenvalue weighted by atomic mass is 10.2. The summed E-state index contributed by atoms with van der Waals surface area (Å²) in [5, 5.41) is 7.81. The highest BCUT2D eigenvalue weighted by Crippen LogP contribution is 2.01. The molecule has 0 aliphatic carbocycles. The zero-order valence-electron chi connectivity index (χ0n) is 10.8. The van der Waals surface area contributed by atoms with Gasteiger partial charge in [-0.3, -0.25) is 4.98 Å². The van der Waals surface area contributed by atoms with Crippen molar-refractivity contribution in [3.05, 3.63) is 70.9 Å². The van der Waals surface area contributed by atoms with Crippen molar-refractivity contribution >= 4 is 0 Å². The molecule has 0 bridgehead atoms. The minimum absolute atomic E-state index is 0.231. The summed E-state index contributed by atoms with van der Waals surface area (Å²) < 4.78 is 2.67. The van der Waals surface area contributed by atoms with Gasteiger partial charge >= 0.3 is 5.69 Å². The van der Waals surface area contributed by atoms with Crippen LogP contribution >= 0.6 is 0 Å². The molecule has 6 heteroatoms. The fourth-order valence-electron chi connectivity index (χ4n) is 1.93. The second-order valence-electron chi connectivity index (χ2n) is 4.34. The molecule has 0 aliphatic rings. The molecule has 20 heavy (non-hydrogen) atoms. The van der Waals surface area contributed by atoms with Crippen LogP contribution in [0.25, 0.3) is 5.69 Å². The first kappa shape index (κ1) is 12.3. The van der Waals surface area contributed by atoms with Gasteiger partial charge in [-0.15, -0.1) is 0 Å². The Kier molecular flexibility index (Phi) is 3.36. The summed E-state index contributed by atoms with van der Waals surface area (Å²) in [7, 11) is 0. The van der Waals surface area contributed by atoms with Crippen molar-refractivity contribution in [3.8, 4) is 5.69 Å². The Hall–Kier alpha value is -2.76. The first-order chi connectivity index (χ1) is 9.84. The molecule has 2 heterocycles. The summed E-state index contributed by atoms with van der Waals surface area (Å²) in [6, 6.07) is 13.1. The maximum Gasteiger partial charge on any atom is 0.368 e. The molecule has 3 rings (SSSR count). The quantitative estimate of drug-likeness (QED) is 0.709. The molecule has 0 saturated heterocycles. The summed E-state index contributed by atoms with van der Waals surface area (Å²) in [5.41, 5.74) is 1.60. The monoisotopic (exact) mass is 267 g/mol. The summed E-state index contributed by atoms with van der Waals surface area (Å²) in [5.74, 6) is 0. The number of hydrogen-bond donors (Lipinski definition) is 0. The van der Waals surface area contributed by atoms with Crippen LogP contribution in [0, 0.1) is 0 Å². The van der Waals surface area contributed by atoms with Gasteiger partial charge < -0.3 is 0 Å². The third kappa shape index (κ3) is 2.49. The standard InChI is InChI=1S/C14H13N5O/c20-14-18(11-8-12-6-9-15-10-7-12)16-17-19(14)13-4-2-1-3-5-13/h1-7,9-10H,8,11H2. The van der Waals surface area contributed by atoms with Crippen molar-refractivity contribution in [2.75, 3.05) is 0 Å². The number of rotatable bonds is 4. The van der Waals surface area contributed by atoms with Crippen molar-refractivity contribution in [2.45, 2.75) is 13.0 Å². The zero-order valence-corrected chi connectivity index (χ0v) is 10.8. The highest BCUT2D eigenvalue weighted by Gasteiger charge is 2.08. The minimum Gasteiger partial charge on any atom is -0.265 e. The molecular formula is C14H13N5O. The van der Waals surface area contributed by atoms with E-state index in [4.69, 9.17) is 0 Å². The fourth-order valence-corrected chi connectivity index (χ4v) is 1.93. The van der Waals surface area contributed by atoms with Gasteiger partial charge in [0.25, 0.3) is 0 Å². The van der Waals surface area contributed by atoms with E-state index in [0.29, 0.717) is 12.2 Å². The second-order valence-corrected chi connectivity index (χ2v) is 4.34. The first-order valence-electron chi connectivity index (χ1n) is 6.32. The maximum absolute atomic E-state index is 12.2. The van der Waals surface area contributed by atoms with E-state index in [-0.39, 0.29) is 5.69 Å². The summed E-state index contributed by atoms with van der Waals surface area (Å²) in [6.45, 7) is 0.496. The van der Waals surface area contributed by atoms with E-state index in [1.165, 1.54) is 9.36 Å². The van der Waals surface area contributed by atoms with Gasteiger partial charge in [-0.2, -0.15) is 9.36 Å². The minimum atomic E-state index is -0.231. The highest BCUT2D eigenvalue weighted by molar-refractivity contribution is 5.28. The summed E-state index contributed by atoms with van der Waals surface area (Å²) >= 11 is 0. The number of nitrogens with zero attached hydrogens (tertiary/aromatic N) is 5. The van der Waals surface area contributed by atoms with Crippen LogP contribution in [0.2, 0.25) is 0 Å². The van der Waals surface area contributed by atoms with E-state index in [1.54, 1.807) is 12.4 Å². The molecule has 0 saturated carbocycles. The van der Waals surface area contributed by atoms with E-state index in [9.17, 15) is 4.79 Å². The average molecular weight is 267 g/mol. The molecular weight excluding hydrogens is 254 g/mol. The molecule has 6 nitrogen and oxygen atoms in total. The largest absolute Gasteiger partial charge is 0.368 e. The molecule has 0 amide bonds. The Balaban J connectivity index is 1.80. The molecule has 0 unspecified atom stereocenters. The van der Waals surface area contributed by atoms with Gasteiger partial charge in [-0.05, 0) is 46.7 Å². The molecule has 3 aromatic rings. The van der Waals surface area contributed by atoms with Gasteiger partial charge in [0, 0.05) is 12.4 Å². The van der Waals surface area contributed by atoms with Crippen molar-refractivity contribution in [1.82, 2.24) is 24.8 Å². The van der Waals surface area contributed by atoms with Gasteiger partial charge in [0.15, 0.2) is 0 Å². The van der Waals surface area contributed by atoms with E-state index < -0.39 is 0 Å². The smallest absolute Gasteiger partial charge is 0.265 e. The number of para-hydroxylation sites is 1. The zero-order chi connectivity index (χ0) is 13.8. The first-order valence-corrected chi connectivity index (χ1v) is 6.32. The summed E-state index contributed by atoms with van der Waals surface area (Å²) in [6.07, 6.45) is 4.19. The Morgan fingerprint density at radius 1 is 0.950 bits per heavy atom. The normalized spacial score (nSPS) is 10.6. The Labute approximate surface area is 115 Å². The average Bonchev–Trinajstić information content (AvgIpc) is 2.88. The van der Waals surface area contributed by atoms with Crippen LogP contribution in [0.4, 0.5) is 0 Å². The molecule has 0 N–H and O–H groups in total. The van der Waals surface area contributed by atoms with E-state index in [1.807, 2.05) is 42.5 Å². The van der Waals surface area contributed by atoms with Crippen LogP contribution in [-0.2, 0) is 13.0 Å². The van der Waals surface area contributed by atoms with Gasteiger partial charge in [0.2, 0.25) is 0 Å². The fraction of sp³-hybridized carbons (Fsp3) is 0.143. The van der Waals surface area contributed by atoms with Gasteiger partial charge in [-0.25, -0.2) is 4.79 Å². The Bertz CT molecular complexity index is 733. The lowest BCUT2D eigenvalue weighted by molar-refractivity contribution is 0.573. The van der Waals surface area contributed by atoms with Gasteiger partial charge in [0.05, 0.1) is 12.2 Å². The van der Waals surface area contributed by atoms with Crippen LogP contribution in [0.5, 0.6) is 0 Å². The lowest BCUT2D eigenvalue weighted by Crippen LogP contribution is -2.25. The maximum atomic E-state index is 12.2. The molecule has 0 atom stereocenters. The van der Waals surface area contributed by atoms with Crippen molar-refractivity contribution in [3.63, 3.8) is 0 Å². The number of aryl methyl sites for hydroxylation is 2. The molecule has 2 aromatic heterocycles. The highest BCUT2D eigenvalue weighted by atomic mass is 16.2. The van der Waals surface area contributed by atoms with E-state index in [0.717, 1.165) is 12.0 Å². The van der Waals surface area contributed by atoms with Crippen molar-refractivity contribution in [1.29, 1.82) is 0 Å². The van der Waals surface area contributed by atoms with Crippen molar-refractivity contribution in [2.24, 2.45) is 0 Å². The van der Waals surface area contributed by atoms with Gasteiger partial charge in [-0.1, -0.05) is 18.2 Å². The number of aromatic nitrogens is 5. The molecule has 0 radical (unpaired) electrons. The van der Waals surface area contributed by atoms with Crippen LogP contribution in [0.3, 0.4) is 0 Å². The molecule has 1 aromatic carbocycles. The van der Waals surface area contributed by atoms with Crippen LogP contribution < -0.4 is 5.69 Å². The lowest BCUT2D eigenvalue weighted by Gasteiger charge is -1.99. The molecule has 100 valence electrons. The molecule has 0 aliphatic heterocycles. The topological polar surface area (TPSA) is 65.6 Å². The van der Waals surface area contributed by atoms with Crippen molar-refractivity contribution < 1.29 is 0 Å². The SMILES string of the molecule is O=c1n(CCc2ccncc2)nnn1-c1ccccc1. The molecule has 0 spiro atoms.